The van der Waals surface area contributed by atoms with Crippen molar-refractivity contribution in [3.05, 3.63) is 0 Å². The van der Waals surface area contributed by atoms with E-state index in [0.29, 0.717) is 18.0 Å². The Morgan fingerprint density at radius 2 is 1.58 bits per heavy atom. The van der Waals surface area contributed by atoms with Crippen LogP contribution in [0, 0.1) is 17.8 Å². The molecule has 138 valence electrons. The molecule has 2 heterocycles. The normalized spacial score (nSPS) is 31.3. The highest BCUT2D eigenvalue weighted by atomic mass is 16.5. The van der Waals surface area contributed by atoms with Gasteiger partial charge < -0.3 is 15.0 Å². The Bertz CT molecular complexity index is 390. The van der Waals surface area contributed by atoms with Crippen LogP contribution in [0.5, 0.6) is 0 Å². The molecule has 24 heavy (non-hydrogen) atoms. The number of piperidine rings is 1. The Morgan fingerprint density at radius 1 is 0.958 bits per heavy atom. The molecule has 0 radical (unpaired) electrons. The van der Waals surface area contributed by atoms with Crippen LogP contribution in [0.4, 0.5) is 0 Å². The third-order valence-corrected chi connectivity index (χ3v) is 6.67. The van der Waals surface area contributed by atoms with Gasteiger partial charge in [0, 0.05) is 44.3 Å². The minimum atomic E-state index is 0.272. The second-order valence-corrected chi connectivity index (χ2v) is 8.52. The standard InChI is InChI=1S/C20H36N2O2/c1-15(2)16-3-5-17(6-4-16)20(23)21-18-7-11-22(12-8-18)19-9-13-24-14-10-19/h15-19H,3-14H2,1-2H3,(H,21,23). The van der Waals surface area contributed by atoms with E-state index < -0.39 is 0 Å². The molecule has 1 N–H and O–H groups in total. The SMILES string of the molecule is CC(C)C1CCC(C(=O)NC2CCN(C3CCOCC3)CC2)CC1. The molecule has 4 nitrogen and oxygen atoms in total. The Morgan fingerprint density at radius 3 is 2.17 bits per heavy atom. The van der Waals surface area contributed by atoms with Gasteiger partial charge in [-0.25, -0.2) is 0 Å². The second kappa shape index (κ2) is 8.66. The van der Waals surface area contributed by atoms with Crippen molar-refractivity contribution < 1.29 is 9.53 Å². The summed E-state index contributed by atoms with van der Waals surface area (Å²) in [5.41, 5.74) is 0. The number of amides is 1. The van der Waals surface area contributed by atoms with Crippen LogP contribution in [0.3, 0.4) is 0 Å². The highest BCUT2D eigenvalue weighted by Crippen LogP contribution is 2.33. The van der Waals surface area contributed by atoms with Gasteiger partial charge in [0.1, 0.15) is 0 Å². The van der Waals surface area contributed by atoms with E-state index in [1.165, 1.54) is 25.7 Å². The van der Waals surface area contributed by atoms with Crippen molar-refractivity contribution in [2.24, 2.45) is 17.8 Å². The van der Waals surface area contributed by atoms with Gasteiger partial charge >= 0.3 is 0 Å². The number of carbonyl (C=O) groups excluding carboxylic acids is 1. The van der Waals surface area contributed by atoms with Gasteiger partial charge in [-0.3, -0.25) is 4.79 Å². The van der Waals surface area contributed by atoms with E-state index in [1.807, 2.05) is 0 Å². The molecule has 2 saturated heterocycles. The van der Waals surface area contributed by atoms with Gasteiger partial charge in [-0.1, -0.05) is 13.8 Å². The molecule has 0 aromatic rings. The molecule has 0 bridgehead atoms. The molecule has 0 unspecified atom stereocenters. The van der Waals surface area contributed by atoms with Crippen molar-refractivity contribution in [1.29, 1.82) is 0 Å². The van der Waals surface area contributed by atoms with Gasteiger partial charge in [0.05, 0.1) is 0 Å². The average molecular weight is 337 g/mol. The Balaban J connectivity index is 1.37. The first-order chi connectivity index (χ1) is 11.6. The summed E-state index contributed by atoms with van der Waals surface area (Å²) >= 11 is 0. The molecule has 4 heteroatoms. The van der Waals surface area contributed by atoms with Gasteiger partial charge in [-0.15, -0.1) is 0 Å². The minimum absolute atomic E-state index is 0.272. The average Bonchev–Trinajstić information content (AvgIpc) is 2.63. The van der Waals surface area contributed by atoms with Crippen LogP contribution < -0.4 is 5.32 Å². The minimum Gasteiger partial charge on any atom is -0.381 e. The monoisotopic (exact) mass is 336 g/mol. The molecule has 3 fully saturated rings. The van der Waals surface area contributed by atoms with Crippen molar-refractivity contribution in [2.75, 3.05) is 26.3 Å². The maximum Gasteiger partial charge on any atom is 0.223 e. The van der Waals surface area contributed by atoms with Gasteiger partial charge in [0.2, 0.25) is 5.91 Å². The summed E-state index contributed by atoms with van der Waals surface area (Å²) < 4.78 is 5.47. The highest BCUT2D eigenvalue weighted by molar-refractivity contribution is 5.79. The number of nitrogens with zero attached hydrogens (tertiary/aromatic N) is 1. The van der Waals surface area contributed by atoms with E-state index in [1.54, 1.807) is 0 Å². The van der Waals surface area contributed by atoms with Crippen LogP contribution in [0.1, 0.15) is 65.2 Å². The highest BCUT2D eigenvalue weighted by Gasteiger charge is 2.31. The van der Waals surface area contributed by atoms with Crippen LogP contribution >= 0.6 is 0 Å². The summed E-state index contributed by atoms with van der Waals surface area (Å²) in [7, 11) is 0. The number of likely N-dealkylation sites (tertiary alicyclic amines) is 1. The number of hydrogen-bond donors (Lipinski definition) is 1. The van der Waals surface area contributed by atoms with E-state index in [2.05, 4.69) is 24.1 Å². The van der Waals surface area contributed by atoms with E-state index >= 15 is 0 Å². The molecule has 1 aliphatic carbocycles. The quantitative estimate of drug-likeness (QED) is 0.857. The lowest BCUT2D eigenvalue weighted by Crippen LogP contribution is -2.50. The van der Waals surface area contributed by atoms with Gasteiger partial charge in [-0.05, 0) is 63.2 Å². The largest absolute Gasteiger partial charge is 0.381 e. The molecule has 0 spiro atoms. The Hall–Kier alpha value is -0.610. The molecule has 1 saturated carbocycles. The zero-order valence-corrected chi connectivity index (χ0v) is 15.6. The topological polar surface area (TPSA) is 41.6 Å². The van der Waals surface area contributed by atoms with Crippen molar-refractivity contribution in [3.8, 4) is 0 Å². The zero-order chi connectivity index (χ0) is 16.9. The van der Waals surface area contributed by atoms with Gasteiger partial charge in [0.15, 0.2) is 0 Å². The number of hydrogen-bond acceptors (Lipinski definition) is 3. The molecule has 0 aromatic carbocycles. The Kier molecular flexibility index (Phi) is 6.56. The number of rotatable bonds is 4. The van der Waals surface area contributed by atoms with Crippen LogP contribution in [0.15, 0.2) is 0 Å². The Labute approximate surface area is 147 Å². The molecule has 0 aromatic heterocycles. The van der Waals surface area contributed by atoms with Crippen molar-refractivity contribution >= 4 is 5.91 Å². The molecule has 2 aliphatic heterocycles. The predicted molar refractivity (Wildman–Crippen MR) is 96.9 cm³/mol. The fourth-order valence-electron chi connectivity index (χ4n) is 4.83. The maximum absolute atomic E-state index is 12.6. The first kappa shape index (κ1) is 18.2. The second-order valence-electron chi connectivity index (χ2n) is 8.52. The van der Waals surface area contributed by atoms with Crippen LogP contribution in [-0.4, -0.2) is 49.2 Å². The first-order valence-electron chi connectivity index (χ1n) is 10.3. The summed E-state index contributed by atoms with van der Waals surface area (Å²) in [5.74, 6) is 2.20. The van der Waals surface area contributed by atoms with Crippen molar-refractivity contribution in [3.63, 3.8) is 0 Å². The fourth-order valence-corrected chi connectivity index (χ4v) is 4.83. The third-order valence-electron chi connectivity index (χ3n) is 6.67. The van der Waals surface area contributed by atoms with Crippen molar-refractivity contribution in [2.45, 2.75) is 77.3 Å². The first-order valence-corrected chi connectivity index (χ1v) is 10.3. The van der Waals surface area contributed by atoms with Gasteiger partial charge in [-0.2, -0.15) is 0 Å². The summed E-state index contributed by atoms with van der Waals surface area (Å²) in [6.45, 7) is 8.74. The van der Waals surface area contributed by atoms with E-state index in [4.69, 9.17) is 4.74 Å². The lowest BCUT2D eigenvalue weighted by Gasteiger charge is -2.39. The smallest absolute Gasteiger partial charge is 0.223 e. The van der Waals surface area contributed by atoms with E-state index in [-0.39, 0.29) is 5.92 Å². The summed E-state index contributed by atoms with van der Waals surface area (Å²) in [6.07, 6.45) is 9.24. The summed E-state index contributed by atoms with van der Waals surface area (Å²) in [4.78, 5) is 15.2. The van der Waals surface area contributed by atoms with Crippen LogP contribution in [0.2, 0.25) is 0 Å². The summed E-state index contributed by atoms with van der Waals surface area (Å²) in [6, 6.07) is 1.11. The predicted octanol–water partition coefficient (Wildman–Crippen LogP) is 3.21. The third kappa shape index (κ3) is 4.72. The molecular weight excluding hydrogens is 300 g/mol. The molecule has 3 rings (SSSR count). The summed E-state index contributed by atoms with van der Waals surface area (Å²) in [5, 5.41) is 3.37. The van der Waals surface area contributed by atoms with Crippen LogP contribution in [-0.2, 0) is 9.53 Å². The number of ether oxygens (including phenoxy) is 1. The molecular formula is C20H36N2O2. The van der Waals surface area contributed by atoms with Gasteiger partial charge in [0.25, 0.3) is 0 Å². The van der Waals surface area contributed by atoms with Crippen molar-refractivity contribution in [1.82, 2.24) is 10.2 Å². The lowest BCUT2D eigenvalue weighted by molar-refractivity contribution is -0.127. The number of carbonyl (C=O) groups is 1. The number of nitrogens with one attached hydrogen (secondary N) is 1. The zero-order valence-electron chi connectivity index (χ0n) is 15.6. The lowest BCUT2D eigenvalue weighted by atomic mass is 9.76. The van der Waals surface area contributed by atoms with E-state index in [9.17, 15) is 4.79 Å². The maximum atomic E-state index is 12.6. The fraction of sp³-hybridized carbons (Fsp3) is 0.950. The molecule has 0 atom stereocenters. The molecule has 3 aliphatic rings. The van der Waals surface area contributed by atoms with Crippen LogP contribution in [0.25, 0.3) is 0 Å². The van der Waals surface area contributed by atoms with E-state index in [0.717, 1.165) is 63.8 Å². The molecule has 1 amide bonds.